The number of hydrogen-bond donors (Lipinski definition) is 0. The first-order chi connectivity index (χ1) is 21.7. The zero-order valence-corrected chi connectivity index (χ0v) is 26.9. The molecule has 0 amide bonds. The van der Waals surface area contributed by atoms with Gasteiger partial charge in [0.25, 0.3) is 0 Å². The van der Waals surface area contributed by atoms with E-state index in [9.17, 15) is 0 Å². The predicted molar refractivity (Wildman–Crippen MR) is 175 cm³/mol. The van der Waals surface area contributed by atoms with Gasteiger partial charge in [0.2, 0.25) is 0 Å². The smallest absolute Gasteiger partial charge is 0.150 e. The zero-order valence-electron chi connectivity index (χ0n) is 24.5. The summed E-state index contributed by atoms with van der Waals surface area (Å²) in [5.74, 6) is 1.14. The molecule has 4 aromatic carbocycles. The molecule has 0 atom stereocenters. The van der Waals surface area contributed by atoms with E-state index in [0.29, 0.717) is 11.6 Å². The Bertz CT molecular complexity index is 2020. The van der Waals surface area contributed by atoms with Crippen molar-refractivity contribution in [3.8, 4) is 22.9 Å². The molecule has 2 aliphatic heterocycles. The number of imidazole rings is 1. The van der Waals surface area contributed by atoms with Crippen LogP contribution < -0.4 is 19.7 Å². The van der Waals surface area contributed by atoms with Crippen molar-refractivity contribution < 1.29 is 20.1 Å². The van der Waals surface area contributed by atoms with E-state index in [4.69, 9.17) is 0 Å². The second kappa shape index (κ2) is 11.6. The third-order valence-electron chi connectivity index (χ3n) is 7.93. The largest absolute Gasteiger partial charge is 0.433 e. The molecule has 0 saturated heterocycles. The SMILES string of the molecule is CN1c2[c-]c(-c3ccccn3)cc3c2N(c2ccccc21)c1ccccc1N3C.[Ir].c1cnc(-c2nc3ccccc3[n-]2)nc1. The van der Waals surface area contributed by atoms with Crippen molar-refractivity contribution in [1.29, 1.82) is 0 Å². The number of fused-ring (bicyclic) bond motifs is 5. The summed E-state index contributed by atoms with van der Waals surface area (Å²) in [6.45, 7) is 0. The summed E-state index contributed by atoms with van der Waals surface area (Å²) in [7, 11) is 4.25. The van der Waals surface area contributed by atoms with Crippen molar-refractivity contribution in [3.05, 3.63) is 128 Å². The van der Waals surface area contributed by atoms with E-state index in [1.54, 1.807) is 18.5 Å². The molecule has 5 heterocycles. The second-order valence-electron chi connectivity index (χ2n) is 10.5. The molecule has 0 unspecified atom stereocenters. The fourth-order valence-corrected chi connectivity index (χ4v) is 5.84. The van der Waals surface area contributed by atoms with Crippen molar-refractivity contribution >= 4 is 50.8 Å². The summed E-state index contributed by atoms with van der Waals surface area (Å²) in [6, 6.07) is 38.5. The molecule has 0 saturated carbocycles. The van der Waals surface area contributed by atoms with Gasteiger partial charge in [-0.15, -0.1) is 17.7 Å². The number of nitrogens with zero attached hydrogens (tertiary/aromatic N) is 8. The molecular weight excluding hydrogens is 737 g/mol. The fourth-order valence-electron chi connectivity index (χ4n) is 5.84. The van der Waals surface area contributed by atoms with E-state index in [1.807, 2.05) is 48.7 Å². The standard InChI is InChI=1S/C25H19N4.C11H7N4.Ir/c1-27-19-10-3-5-12-21(19)29-22-13-6-4-11-20(22)28(2)24-16-17(15-23(27)25(24)29)18-9-7-8-14-26-18;1-2-5-9-8(4-1)14-11(15-9)10-12-6-3-7-13-10;/h3-15H,1-2H3;1-7H;/q2*-1;. The van der Waals surface area contributed by atoms with Gasteiger partial charge < -0.3 is 29.7 Å². The van der Waals surface area contributed by atoms with E-state index in [1.165, 1.54) is 22.7 Å². The Morgan fingerprint density at radius 3 is 1.93 bits per heavy atom. The number of para-hydroxylation sites is 6. The van der Waals surface area contributed by atoms with Crippen LogP contribution in [0.5, 0.6) is 0 Å². The summed E-state index contributed by atoms with van der Waals surface area (Å²) in [5.41, 5.74) is 11.8. The summed E-state index contributed by atoms with van der Waals surface area (Å²) >= 11 is 0. The van der Waals surface area contributed by atoms with Gasteiger partial charge in [-0.25, -0.2) is 9.97 Å². The van der Waals surface area contributed by atoms with Crippen LogP contribution in [-0.4, -0.2) is 34.0 Å². The second-order valence-corrected chi connectivity index (χ2v) is 10.5. The molecule has 0 aliphatic carbocycles. The van der Waals surface area contributed by atoms with Crippen molar-refractivity contribution in [2.75, 3.05) is 28.8 Å². The summed E-state index contributed by atoms with van der Waals surface area (Å²) < 4.78 is 0. The summed E-state index contributed by atoms with van der Waals surface area (Å²) in [5, 5.41) is 0. The molecule has 2 aliphatic rings. The molecule has 221 valence electrons. The fraction of sp³-hybridized carbons (Fsp3) is 0.0556. The first-order valence-electron chi connectivity index (χ1n) is 14.3. The Balaban J connectivity index is 0.000000172. The van der Waals surface area contributed by atoms with E-state index in [2.05, 4.69) is 114 Å². The molecule has 8 nitrogen and oxygen atoms in total. The minimum Gasteiger partial charge on any atom is -0.433 e. The van der Waals surface area contributed by atoms with Gasteiger partial charge in [-0.3, -0.25) is 0 Å². The third kappa shape index (κ3) is 4.83. The molecule has 1 radical (unpaired) electrons. The number of pyridine rings is 1. The van der Waals surface area contributed by atoms with Crippen molar-refractivity contribution in [2.45, 2.75) is 0 Å². The zero-order chi connectivity index (χ0) is 29.6. The molecule has 0 bridgehead atoms. The molecule has 3 aromatic heterocycles. The van der Waals surface area contributed by atoms with E-state index in [-0.39, 0.29) is 20.1 Å². The summed E-state index contributed by atoms with van der Waals surface area (Å²) in [4.78, 5) is 28.4. The van der Waals surface area contributed by atoms with Gasteiger partial charge >= 0.3 is 0 Å². The van der Waals surface area contributed by atoms with Gasteiger partial charge in [0.15, 0.2) is 5.82 Å². The van der Waals surface area contributed by atoms with Crippen LogP contribution in [0.1, 0.15) is 0 Å². The predicted octanol–water partition coefficient (Wildman–Crippen LogP) is 7.83. The van der Waals surface area contributed by atoms with E-state index >= 15 is 0 Å². The van der Waals surface area contributed by atoms with E-state index < -0.39 is 0 Å². The maximum atomic E-state index is 4.57. The van der Waals surface area contributed by atoms with Crippen LogP contribution in [0.25, 0.3) is 33.9 Å². The van der Waals surface area contributed by atoms with Gasteiger partial charge in [0, 0.05) is 58.5 Å². The average molecular weight is 763 g/mol. The number of hydrogen-bond acceptors (Lipinski definition) is 7. The van der Waals surface area contributed by atoms with Gasteiger partial charge in [-0.05, 0) is 70.3 Å². The molecule has 0 N–H and O–H groups in total. The number of aromatic nitrogens is 5. The first-order valence-corrected chi connectivity index (χ1v) is 14.3. The summed E-state index contributed by atoms with van der Waals surface area (Å²) in [6.07, 6.45) is 5.20. The Morgan fingerprint density at radius 2 is 1.24 bits per heavy atom. The monoisotopic (exact) mass is 763 g/mol. The van der Waals surface area contributed by atoms with E-state index in [0.717, 1.165) is 39.4 Å². The minimum atomic E-state index is 0. The van der Waals surface area contributed by atoms with Crippen molar-refractivity contribution in [3.63, 3.8) is 0 Å². The minimum absolute atomic E-state index is 0. The molecule has 9 heteroatoms. The van der Waals surface area contributed by atoms with Crippen molar-refractivity contribution in [1.82, 2.24) is 24.9 Å². The van der Waals surface area contributed by atoms with Crippen molar-refractivity contribution in [2.24, 2.45) is 0 Å². The molecule has 9 rings (SSSR count). The molecule has 45 heavy (non-hydrogen) atoms. The molecule has 0 spiro atoms. The Morgan fingerprint density at radius 1 is 0.622 bits per heavy atom. The van der Waals surface area contributed by atoms with Crippen LogP contribution in [-0.2, 0) is 20.1 Å². The quantitative estimate of drug-likeness (QED) is 0.165. The van der Waals surface area contributed by atoms with Crippen LogP contribution in [0, 0.1) is 6.07 Å². The number of anilines is 7. The number of rotatable bonds is 2. The molecular formula is C36H26IrN8-2. The maximum Gasteiger partial charge on any atom is 0.150 e. The van der Waals surface area contributed by atoms with Gasteiger partial charge in [0.05, 0.1) is 22.7 Å². The maximum absolute atomic E-state index is 4.57. The van der Waals surface area contributed by atoms with Gasteiger partial charge in [-0.1, -0.05) is 60.7 Å². The number of benzene rings is 4. The van der Waals surface area contributed by atoms with Gasteiger partial charge in [0.1, 0.15) is 0 Å². The Hall–Kier alpha value is -5.37. The van der Waals surface area contributed by atoms with Crippen LogP contribution in [0.3, 0.4) is 0 Å². The van der Waals surface area contributed by atoms with Crippen LogP contribution >= 0.6 is 0 Å². The average Bonchev–Trinajstić information content (AvgIpc) is 3.54. The third-order valence-corrected chi connectivity index (χ3v) is 7.93. The molecule has 7 aromatic rings. The molecule has 0 fully saturated rings. The van der Waals surface area contributed by atoms with Crippen LogP contribution in [0.2, 0.25) is 0 Å². The Kier molecular flexibility index (Phi) is 7.33. The topological polar surface area (TPSA) is 75.4 Å². The normalized spacial score (nSPS) is 12.4. The van der Waals surface area contributed by atoms with Crippen LogP contribution in [0.15, 0.2) is 122 Å². The Labute approximate surface area is 274 Å². The van der Waals surface area contributed by atoms with Gasteiger partial charge in [-0.2, -0.15) is 0 Å². The first kappa shape index (κ1) is 28.4. The van der Waals surface area contributed by atoms with Crippen LogP contribution in [0.4, 0.5) is 39.8 Å².